The standard InChI is InChI=1S/C42H50N6O4S2/c1-2-33(3-4-34-7-11-37(12-8-34)47-25-18-39(49)30-47)15-20-43-29-41(51)44-21-27-53-54-28-22-45-42(52)32-46-23-16-36(17-24-46)6-5-35-9-13-38(14-10-35)48-26-19-40(50)31-48/h2-17,20,23-24,39-40,49-50H,1,18-19,21-22,25-32H2,(H-,44,45,51,52)/p+1. The summed E-state index contributed by atoms with van der Waals surface area (Å²) in [6.07, 6.45) is 18.2. The SMILES string of the molecule is C=CC(C=Cc1ccc(N2CCC(O)C2)cc1)=CC=NCC(=O)NCCSSCCNC(=O)C[n+]1ccc(C=Cc2ccc(N3CCC(O)C3)cc2)cc1. The maximum atomic E-state index is 12.4. The van der Waals surface area contributed by atoms with Crippen LogP contribution in [0.1, 0.15) is 29.5 Å². The lowest BCUT2D eigenvalue weighted by molar-refractivity contribution is -0.684. The summed E-state index contributed by atoms with van der Waals surface area (Å²) in [5.41, 5.74) is 6.35. The summed E-state index contributed by atoms with van der Waals surface area (Å²) in [4.78, 5) is 33.2. The first-order valence-electron chi connectivity index (χ1n) is 18.4. The van der Waals surface area contributed by atoms with Crippen molar-refractivity contribution in [3.63, 3.8) is 0 Å². The van der Waals surface area contributed by atoms with E-state index in [1.807, 2.05) is 47.3 Å². The predicted octanol–water partition coefficient (Wildman–Crippen LogP) is 4.80. The van der Waals surface area contributed by atoms with Crippen molar-refractivity contribution in [1.29, 1.82) is 0 Å². The van der Waals surface area contributed by atoms with Crippen LogP contribution in [-0.4, -0.2) is 97.8 Å². The number of aromatic nitrogens is 1. The van der Waals surface area contributed by atoms with Crippen molar-refractivity contribution >= 4 is 69.2 Å². The molecule has 2 unspecified atom stereocenters. The van der Waals surface area contributed by atoms with E-state index in [0.717, 1.165) is 71.1 Å². The molecule has 2 fully saturated rings. The van der Waals surface area contributed by atoms with E-state index < -0.39 is 0 Å². The van der Waals surface area contributed by atoms with Gasteiger partial charge in [-0.2, -0.15) is 4.57 Å². The highest BCUT2D eigenvalue weighted by Crippen LogP contribution is 2.23. The van der Waals surface area contributed by atoms with Gasteiger partial charge in [0.2, 0.25) is 12.5 Å². The number of hydrogen-bond acceptors (Lipinski definition) is 9. The van der Waals surface area contributed by atoms with E-state index >= 15 is 0 Å². The molecule has 0 aliphatic carbocycles. The lowest BCUT2D eigenvalue weighted by Gasteiger charge is -2.17. The zero-order valence-corrected chi connectivity index (χ0v) is 32.3. The van der Waals surface area contributed by atoms with Gasteiger partial charge in [0.25, 0.3) is 5.91 Å². The molecule has 1 aromatic heterocycles. The van der Waals surface area contributed by atoms with Crippen molar-refractivity contribution in [2.75, 3.05) is 67.1 Å². The molecule has 54 heavy (non-hydrogen) atoms. The van der Waals surface area contributed by atoms with Crippen molar-refractivity contribution in [2.24, 2.45) is 4.99 Å². The van der Waals surface area contributed by atoms with Gasteiger partial charge in [-0.3, -0.25) is 14.6 Å². The van der Waals surface area contributed by atoms with Crippen LogP contribution in [0.3, 0.4) is 0 Å². The molecule has 0 bridgehead atoms. The van der Waals surface area contributed by atoms with Crippen LogP contribution in [0.4, 0.5) is 11.4 Å². The molecule has 0 saturated carbocycles. The second-order valence-electron chi connectivity index (χ2n) is 13.1. The van der Waals surface area contributed by atoms with E-state index in [9.17, 15) is 19.8 Å². The van der Waals surface area contributed by atoms with Crippen LogP contribution >= 0.6 is 21.6 Å². The van der Waals surface area contributed by atoms with Gasteiger partial charge in [-0.1, -0.05) is 82.8 Å². The highest BCUT2D eigenvalue weighted by atomic mass is 33.1. The summed E-state index contributed by atoms with van der Waals surface area (Å²) in [7, 11) is 3.32. The van der Waals surface area contributed by atoms with Gasteiger partial charge in [0, 0.05) is 80.5 Å². The topological polar surface area (TPSA) is 121 Å². The molecule has 0 radical (unpaired) electrons. The summed E-state index contributed by atoms with van der Waals surface area (Å²) in [6, 6.07) is 20.6. The molecule has 2 aliphatic rings. The molecule has 2 atom stereocenters. The van der Waals surface area contributed by atoms with Crippen LogP contribution < -0.4 is 25.0 Å². The van der Waals surface area contributed by atoms with Gasteiger partial charge >= 0.3 is 0 Å². The molecular weight excluding hydrogens is 717 g/mol. The number of carbonyl (C=O) groups is 2. The zero-order valence-electron chi connectivity index (χ0n) is 30.6. The van der Waals surface area contributed by atoms with Crippen molar-refractivity contribution in [3.8, 4) is 0 Å². The Kier molecular flexibility index (Phi) is 16.5. The molecule has 5 rings (SSSR count). The average Bonchev–Trinajstić information content (AvgIpc) is 3.83. The number of pyridine rings is 1. The number of aliphatic hydroxyl groups is 2. The molecule has 10 nitrogen and oxygen atoms in total. The molecule has 2 aromatic carbocycles. The fourth-order valence-electron chi connectivity index (χ4n) is 5.94. The Labute approximate surface area is 326 Å². The maximum Gasteiger partial charge on any atom is 0.286 e. The molecule has 3 aromatic rings. The number of nitrogens with one attached hydrogen (secondary N) is 2. The number of nitrogens with zero attached hydrogens (tertiary/aromatic N) is 4. The Balaban J connectivity index is 0.879. The van der Waals surface area contributed by atoms with Crippen molar-refractivity contribution in [2.45, 2.75) is 31.6 Å². The lowest BCUT2D eigenvalue weighted by Crippen LogP contribution is -2.42. The quantitative estimate of drug-likeness (QED) is 0.0452. The van der Waals surface area contributed by atoms with Crippen LogP contribution in [-0.2, 0) is 16.1 Å². The molecule has 2 saturated heterocycles. The normalized spacial score (nSPS) is 17.6. The fourth-order valence-corrected chi connectivity index (χ4v) is 7.75. The third-order valence-electron chi connectivity index (χ3n) is 8.96. The fraction of sp³-hybridized carbons (Fsp3) is 0.333. The number of aliphatic imine (C=N–C) groups is 1. The van der Waals surface area contributed by atoms with Crippen LogP contribution in [0.2, 0.25) is 0 Å². The molecule has 2 aliphatic heterocycles. The minimum absolute atomic E-state index is 0.0382. The Morgan fingerprint density at radius 3 is 1.81 bits per heavy atom. The van der Waals surface area contributed by atoms with Gasteiger partial charge in [0.1, 0.15) is 6.54 Å². The van der Waals surface area contributed by atoms with Gasteiger partial charge in [-0.25, -0.2) is 0 Å². The number of anilines is 2. The number of aliphatic hydroxyl groups excluding tert-OH is 2. The Bertz CT molecular complexity index is 1780. The number of allylic oxidation sites excluding steroid dienone is 4. The summed E-state index contributed by atoms with van der Waals surface area (Å²) >= 11 is 0. The van der Waals surface area contributed by atoms with Crippen LogP contribution in [0.25, 0.3) is 18.2 Å². The smallest absolute Gasteiger partial charge is 0.286 e. The van der Waals surface area contributed by atoms with Gasteiger partial charge in [-0.15, -0.1) is 0 Å². The Morgan fingerprint density at radius 1 is 0.778 bits per heavy atom. The minimum atomic E-state index is -0.245. The highest BCUT2D eigenvalue weighted by Gasteiger charge is 2.21. The predicted molar refractivity (Wildman–Crippen MR) is 226 cm³/mol. The zero-order chi connectivity index (χ0) is 38.0. The number of β-amino-alcohol motifs (C(OH)–C–C–N with tert-alkyl or cyclic N) is 2. The molecule has 284 valence electrons. The Morgan fingerprint density at radius 2 is 1.30 bits per heavy atom. The summed E-state index contributed by atoms with van der Waals surface area (Å²) in [5, 5.41) is 25.4. The highest BCUT2D eigenvalue weighted by molar-refractivity contribution is 8.76. The monoisotopic (exact) mass is 767 g/mol. The van der Waals surface area contributed by atoms with E-state index in [1.54, 1.807) is 33.9 Å². The third-order valence-corrected chi connectivity index (χ3v) is 11.4. The average molecular weight is 768 g/mol. The minimum Gasteiger partial charge on any atom is -0.391 e. The Hall–Kier alpha value is -4.62. The van der Waals surface area contributed by atoms with Gasteiger partial charge in [-0.05, 0) is 65.4 Å². The second-order valence-corrected chi connectivity index (χ2v) is 15.8. The van der Waals surface area contributed by atoms with Gasteiger partial charge in [0.15, 0.2) is 12.4 Å². The first-order valence-corrected chi connectivity index (χ1v) is 20.9. The van der Waals surface area contributed by atoms with Crippen molar-refractivity contribution in [3.05, 3.63) is 120 Å². The number of rotatable bonds is 19. The first-order chi connectivity index (χ1) is 26.3. The summed E-state index contributed by atoms with van der Waals surface area (Å²) < 4.78 is 1.86. The van der Waals surface area contributed by atoms with Crippen molar-refractivity contribution in [1.82, 2.24) is 10.6 Å². The first kappa shape index (κ1) is 40.6. The summed E-state index contributed by atoms with van der Waals surface area (Å²) in [6.45, 7) is 8.43. The van der Waals surface area contributed by atoms with Crippen LogP contribution in [0.5, 0.6) is 0 Å². The molecular formula is C42H51N6O4S2+. The molecule has 0 spiro atoms. The van der Waals surface area contributed by atoms with Crippen LogP contribution in [0, 0.1) is 0 Å². The number of hydrogen-bond donors (Lipinski definition) is 4. The number of amides is 2. The second kappa shape index (κ2) is 21.9. The number of benzene rings is 2. The lowest BCUT2D eigenvalue weighted by atomic mass is 10.1. The van der Waals surface area contributed by atoms with Gasteiger partial charge in [0.05, 0.1) is 12.2 Å². The summed E-state index contributed by atoms with van der Waals surface area (Å²) in [5.74, 6) is 1.35. The molecule has 2 amide bonds. The van der Waals surface area contributed by atoms with E-state index in [4.69, 9.17) is 0 Å². The van der Waals surface area contributed by atoms with Gasteiger partial charge < -0.3 is 30.6 Å². The molecule has 4 N–H and O–H groups in total. The van der Waals surface area contributed by atoms with E-state index in [-0.39, 0.29) is 37.1 Å². The van der Waals surface area contributed by atoms with Crippen LogP contribution in [0.15, 0.2) is 108 Å². The van der Waals surface area contributed by atoms with E-state index in [2.05, 4.69) is 92.7 Å². The maximum absolute atomic E-state index is 12.4. The van der Waals surface area contributed by atoms with E-state index in [0.29, 0.717) is 26.2 Å². The molecule has 3 heterocycles. The third kappa shape index (κ3) is 14.0. The number of carbonyl (C=O) groups excluding carboxylic acids is 2. The molecule has 12 heteroatoms. The largest absolute Gasteiger partial charge is 0.391 e. The van der Waals surface area contributed by atoms with Crippen molar-refractivity contribution < 1.29 is 24.4 Å². The van der Waals surface area contributed by atoms with E-state index in [1.165, 1.54) is 0 Å².